The number of amides is 1. The molecule has 1 aromatic heterocycles. The van der Waals surface area contributed by atoms with Gasteiger partial charge in [0, 0.05) is 77.1 Å². The molecule has 4 heterocycles. The van der Waals surface area contributed by atoms with Crippen LogP contribution >= 0.6 is 0 Å². The van der Waals surface area contributed by atoms with Crippen LogP contribution in [0.15, 0.2) is 6.07 Å². The minimum Gasteiger partial charge on any atom is -0.444 e. The summed E-state index contributed by atoms with van der Waals surface area (Å²) < 4.78 is 10.8. The molecule has 204 valence electrons. The first-order valence-corrected chi connectivity index (χ1v) is 13.6. The molecule has 0 unspecified atom stereocenters. The number of methoxy groups -OCH3 is 1. The Morgan fingerprint density at radius 3 is 2.57 bits per heavy atom. The van der Waals surface area contributed by atoms with E-state index in [1.165, 1.54) is 0 Å². The first-order valence-electron chi connectivity index (χ1n) is 13.6. The average Bonchev–Trinajstić information content (AvgIpc) is 3.02. The molecule has 4 rings (SSSR count). The standard InChI is InChI=1S/C27H43N7O3/c1-21-18-31(11-7-15-36-5)10-6-12-34(21)24-29-22(17-28)16-23(30-24)33-19-27(20-33)8-13-32(14-9-27)25(35)37-26(2,3)4/h16,21H,6-15,18-20H2,1-5H3/t21-/m0/s1. The van der Waals surface area contributed by atoms with Crippen LogP contribution in [-0.4, -0.2) is 104 Å². The third-order valence-corrected chi connectivity index (χ3v) is 7.68. The van der Waals surface area contributed by atoms with Crippen LogP contribution in [0.25, 0.3) is 0 Å². The lowest BCUT2D eigenvalue weighted by molar-refractivity contribution is 0.00589. The Hall–Kier alpha value is -2.64. The molecule has 0 bridgehead atoms. The minimum atomic E-state index is -0.476. The van der Waals surface area contributed by atoms with Crippen molar-refractivity contribution >= 4 is 17.9 Å². The molecule has 10 heteroatoms. The average molecular weight is 514 g/mol. The normalized spacial score (nSPS) is 22.4. The zero-order chi connectivity index (χ0) is 26.6. The number of aromatic nitrogens is 2. The van der Waals surface area contributed by atoms with Gasteiger partial charge < -0.3 is 29.1 Å². The third kappa shape index (κ3) is 6.82. The van der Waals surface area contributed by atoms with Crippen LogP contribution in [0.2, 0.25) is 0 Å². The molecule has 1 amide bonds. The summed E-state index contributed by atoms with van der Waals surface area (Å²) in [5, 5.41) is 9.70. The molecule has 37 heavy (non-hydrogen) atoms. The van der Waals surface area contributed by atoms with Crippen molar-refractivity contribution in [1.82, 2.24) is 19.8 Å². The molecule has 1 spiro atoms. The van der Waals surface area contributed by atoms with Gasteiger partial charge in [-0.1, -0.05) is 0 Å². The summed E-state index contributed by atoms with van der Waals surface area (Å²) in [7, 11) is 1.75. The van der Waals surface area contributed by atoms with Crippen LogP contribution in [0.1, 0.15) is 59.1 Å². The molecule has 0 radical (unpaired) electrons. The van der Waals surface area contributed by atoms with Gasteiger partial charge in [0.1, 0.15) is 23.2 Å². The highest BCUT2D eigenvalue weighted by molar-refractivity contribution is 5.68. The monoisotopic (exact) mass is 513 g/mol. The van der Waals surface area contributed by atoms with Crippen molar-refractivity contribution in [3.63, 3.8) is 0 Å². The molecule has 1 atom stereocenters. The number of anilines is 2. The topological polar surface area (TPSA) is 98.1 Å². The van der Waals surface area contributed by atoms with E-state index in [0.29, 0.717) is 24.7 Å². The van der Waals surface area contributed by atoms with E-state index in [9.17, 15) is 10.1 Å². The van der Waals surface area contributed by atoms with Crippen molar-refractivity contribution in [2.45, 2.75) is 65.0 Å². The van der Waals surface area contributed by atoms with Gasteiger partial charge >= 0.3 is 6.09 Å². The van der Waals surface area contributed by atoms with Gasteiger partial charge in [0.25, 0.3) is 0 Å². The lowest BCUT2D eigenvalue weighted by atomic mass is 9.72. The van der Waals surface area contributed by atoms with Crippen molar-refractivity contribution in [3.05, 3.63) is 11.8 Å². The largest absolute Gasteiger partial charge is 0.444 e. The molecule has 3 fully saturated rings. The second-order valence-electron chi connectivity index (χ2n) is 11.9. The number of piperidine rings is 1. The Morgan fingerprint density at radius 2 is 1.92 bits per heavy atom. The second-order valence-corrected chi connectivity index (χ2v) is 11.9. The number of nitriles is 1. The molecule has 3 aliphatic rings. The van der Waals surface area contributed by atoms with Crippen LogP contribution < -0.4 is 9.80 Å². The summed E-state index contributed by atoms with van der Waals surface area (Å²) in [6, 6.07) is 4.31. The third-order valence-electron chi connectivity index (χ3n) is 7.68. The zero-order valence-corrected chi connectivity index (χ0v) is 23.2. The van der Waals surface area contributed by atoms with Crippen molar-refractivity contribution in [1.29, 1.82) is 5.26 Å². The number of hydrogen-bond donors (Lipinski definition) is 0. The molecule has 0 saturated carbocycles. The lowest BCUT2D eigenvalue weighted by Gasteiger charge is -2.54. The molecule has 10 nitrogen and oxygen atoms in total. The number of ether oxygens (including phenoxy) is 2. The number of rotatable bonds is 6. The first kappa shape index (κ1) is 27.4. The highest BCUT2D eigenvalue weighted by Gasteiger charge is 2.46. The molecule has 0 aromatic carbocycles. The summed E-state index contributed by atoms with van der Waals surface area (Å²) >= 11 is 0. The fourth-order valence-electron chi connectivity index (χ4n) is 5.68. The van der Waals surface area contributed by atoms with E-state index in [4.69, 9.17) is 14.5 Å². The maximum Gasteiger partial charge on any atom is 0.410 e. The highest BCUT2D eigenvalue weighted by Crippen LogP contribution is 2.42. The van der Waals surface area contributed by atoms with Crippen molar-refractivity contribution in [3.8, 4) is 6.07 Å². The van der Waals surface area contributed by atoms with E-state index in [-0.39, 0.29) is 17.6 Å². The number of hydrogen-bond acceptors (Lipinski definition) is 9. The Kier molecular flexibility index (Phi) is 8.44. The number of nitrogens with zero attached hydrogens (tertiary/aromatic N) is 7. The van der Waals surface area contributed by atoms with Gasteiger partial charge in [-0.2, -0.15) is 10.2 Å². The van der Waals surface area contributed by atoms with E-state index >= 15 is 0 Å². The van der Waals surface area contributed by atoms with E-state index in [0.717, 1.165) is 77.4 Å². The Labute approximate surface area is 221 Å². The van der Waals surface area contributed by atoms with Gasteiger partial charge in [0.05, 0.1) is 0 Å². The number of likely N-dealkylation sites (tertiary alicyclic amines) is 1. The fourth-order valence-corrected chi connectivity index (χ4v) is 5.68. The van der Waals surface area contributed by atoms with Gasteiger partial charge in [0.2, 0.25) is 5.95 Å². The van der Waals surface area contributed by atoms with E-state index in [1.807, 2.05) is 31.7 Å². The van der Waals surface area contributed by atoms with Crippen molar-refractivity contribution < 1.29 is 14.3 Å². The minimum absolute atomic E-state index is 0.190. The highest BCUT2D eigenvalue weighted by atomic mass is 16.6. The molecule has 0 N–H and O–H groups in total. The molecular formula is C27H43N7O3. The Balaban J connectivity index is 1.38. The van der Waals surface area contributed by atoms with Gasteiger partial charge in [-0.25, -0.2) is 9.78 Å². The molecule has 0 aliphatic carbocycles. The molecule has 3 saturated heterocycles. The van der Waals surface area contributed by atoms with E-state index in [1.54, 1.807) is 7.11 Å². The molecular weight excluding hydrogens is 470 g/mol. The van der Waals surface area contributed by atoms with Crippen LogP contribution in [0.4, 0.5) is 16.6 Å². The quantitative estimate of drug-likeness (QED) is 0.531. The zero-order valence-electron chi connectivity index (χ0n) is 23.2. The number of carbonyl (C=O) groups excluding carboxylic acids is 1. The summed E-state index contributed by atoms with van der Waals surface area (Å²) in [6.45, 7) is 15.8. The lowest BCUT2D eigenvalue weighted by Crippen LogP contribution is -2.61. The van der Waals surface area contributed by atoms with Gasteiger partial charge in [-0.05, 0) is 59.9 Å². The van der Waals surface area contributed by atoms with E-state index in [2.05, 4.69) is 32.7 Å². The molecule has 3 aliphatic heterocycles. The SMILES string of the molecule is COCCCN1CCCN(c2nc(C#N)cc(N3CC4(CCN(C(=O)OC(C)(C)C)CC4)C3)n2)[C@@H](C)C1. The van der Waals surface area contributed by atoms with Gasteiger partial charge in [0.15, 0.2) is 0 Å². The predicted octanol–water partition coefficient (Wildman–Crippen LogP) is 3.12. The van der Waals surface area contributed by atoms with E-state index < -0.39 is 5.60 Å². The van der Waals surface area contributed by atoms with Gasteiger partial charge in [-0.15, -0.1) is 0 Å². The summed E-state index contributed by atoms with van der Waals surface area (Å²) in [5.41, 5.74) is 0.124. The summed E-state index contributed by atoms with van der Waals surface area (Å²) in [5.74, 6) is 1.48. The fraction of sp³-hybridized carbons (Fsp3) is 0.778. The van der Waals surface area contributed by atoms with Crippen LogP contribution in [0.3, 0.4) is 0 Å². The van der Waals surface area contributed by atoms with Crippen LogP contribution in [0, 0.1) is 16.7 Å². The smallest absolute Gasteiger partial charge is 0.410 e. The predicted molar refractivity (Wildman–Crippen MR) is 143 cm³/mol. The first-order chi connectivity index (χ1) is 17.6. The number of carbonyl (C=O) groups is 1. The molecule has 1 aromatic rings. The maximum absolute atomic E-state index is 12.4. The summed E-state index contributed by atoms with van der Waals surface area (Å²) in [4.78, 5) is 30.8. The summed E-state index contributed by atoms with van der Waals surface area (Å²) in [6.07, 6.45) is 3.75. The van der Waals surface area contributed by atoms with Crippen molar-refractivity contribution in [2.24, 2.45) is 5.41 Å². The Bertz CT molecular complexity index is 973. The Morgan fingerprint density at radius 1 is 1.19 bits per heavy atom. The van der Waals surface area contributed by atoms with Gasteiger partial charge in [-0.3, -0.25) is 0 Å². The second kappa shape index (κ2) is 11.4. The van der Waals surface area contributed by atoms with Crippen LogP contribution in [-0.2, 0) is 9.47 Å². The van der Waals surface area contributed by atoms with Crippen molar-refractivity contribution in [2.75, 3.05) is 75.9 Å². The maximum atomic E-state index is 12.4. The van der Waals surface area contributed by atoms with Crippen LogP contribution in [0.5, 0.6) is 0 Å².